The van der Waals surface area contributed by atoms with Gasteiger partial charge in [-0.3, -0.25) is 4.79 Å². The van der Waals surface area contributed by atoms with Crippen molar-refractivity contribution in [2.75, 3.05) is 6.54 Å². The van der Waals surface area contributed by atoms with Crippen LogP contribution >= 0.6 is 11.6 Å². The van der Waals surface area contributed by atoms with E-state index in [1.54, 1.807) is 0 Å². The van der Waals surface area contributed by atoms with Crippen LogP contribution in [0, 0.1) is 5.92 Å². The number of likely N-dealkylation sites (tertiary alicyclic amines) is 1. The SMILES string of the molecule is CC1CCC(C)N(C(=O)c2nc(C(C)C)ncc2Cl)C1. The quantitative estimate of drug-likeness (QED) is 0.839. The van der Waals surface area contributed by atoms with Crippen LogP contribution < -0.4 is 0 Å². The van der Waals surface area contributed by atoms with Gasteiger partial charge >= 0.3 is 0 Å². The molecule has 2 heterocycles. The Morgan fingerprint density at radius 2 is 2.10 bits per heavy atom. The topological polar surface area (TPSA) is 46.1 Å². The van der Waals surface area contributed by atoms with Crippen molar-refractivity contribution in [3.63, 3.8) is 0 Å². The van der Waals surface area contributed by atoms with Crippen LogP contribution in [-0.4, -0.2) is 33.4 Å². The van der Waals surface area contributed by atoms with Crippen molar-refractivity contribution in [1.82, 2.24) is 14.9 Å². The predicted molar refractivity (Wildman–Crippen MR) is 80.0 cm³/mol. The highest BCUT2D eigenvalue weighted by Crippen LogP contribution is 2.25. The molecule has 0 N–H and O–H groups in total. The molecule has 1 fully saturated rings. The molecule has 2 unspecified atom stereocenters. The lowest BCUT2D eigenvalue weighted by Crippen LogP contribution is -2.45. The van der Waals surface area contributed by atoms with Crippen molar-refractivity contribution in [2.24, 2.45) is 5.92 Å². The Morgan fingerprint density at radius 1 is 1.40 bits per heavy atom. The molecule has 0 aromatic carbocycles. The number of halogens is 1. The van der Waals surface area contributed by atoms with Gasteiger partial charge in [0.1, 0.15) is 5.82 Å². The Balaban J connectivity index is 2.30. The van der Waals surface area contributed by atoms with Crippen molar-refractivity contribution in [3.8, 4) is 0 Å². The van der Waals surface area contributed by atoms with Gasteiger partial charge in [0.25, 0.3) is 5.91 Å². The first-order valence-electron chi connectivity index (χ1n) is 7.23. The minimum Gasteiger partial charge on any atom is -0.334 e. The van der Waals surface area contributed by atoms with E-state index >= 15 is 0 Å². The van der Waals surface area contributed by atoms with E-state index < -0.39 is 0 Å². The summed E-state index contributed by atoms with van der Waals surface area (Å²) in [5.41, 5.74) is 0.339. The molecular weight excluding hydrogens is 274 g/mol. The largest absolute Gasteiger partial charge is 0.334 e. The van der Waals surface area contributed by atoms with Gasteiger partial charge in [-0.25, -0.2) is 9.97 Å². The Kier molecular flexibility index (Phi) is 4.63. The summed E-state index contributed by atoms with van der Waals surface area (Å²) in [4.78, 5) is 23.2. The average Bonchev–Trinajstić information content (AvgIpc) is 2.41. The standard InChI is InChI=1S/C15H22ClN3O/c1-9(2)14-17-7-12(16)13(18-14)15(20)19-8-10(3)5-6-11(19)4/h7,9-11H,5-6,8H2,1-4H3. The summed E-state index contributed by atoms with van der Waals surface area (Å²) in [7, 11) is 0. The fourth-order valence-electron chi connectivity index (χ4n) is 2.52. The molecule has 1 aliphatic heterocycles. The van der Waals surface area contributed by atoms with Crippen LogP contribution in [0.5, 0.6) is 0 Å². The van der Waals surface area contributed by atoms with E-state index in [-0.39, 0.29) is 17.9 Å². The molecule has 1 aromatic rings. The van der Waals surface area contributed by atoms with E-state index in [4.69, 9.17) is 11.6 Å². The molecule has 110 valence electrons. The maximum absolute atomic E-state index is 12.7. The number of rotatable bonds is 2. The number of piperidine rings is 1. The summed E-state index contributed by atoms with van der Waals surface area (Å²) >= 11 is 6.13. The molecule has 20 heavy (non-hydrogen) atoms. The fourth-order valence-corrected chi connectivity index (χ4v) is 2.69. The van der Waals surface area contributed by atoms with Crippen LogP contribution in [0.3, 0.4) is 0 Å². The zero-order valence-corrected chi connectivity index (χ0v) is 13.3. The van der Waals surface area contributed by atoms with E-state index in [0.29, 0.717) is 22.5 Å². The van der Waals surface area contributed by atoms with Gasteiger partial charge in [-0.05, 0) is 25.7 Å². The number of carbonyl (C=O) groups is 1. The van der Waals surface area contributed by atoms with Crippen LogP contribution in [0.1, 0.15) is 62.8 Å². The van der Waals surface area contributed by atoms with Crippen molar-refractivity contribution in [1.29, 1.82) is 0 Å². The molecule has 0 aliphatic carbocycles. The molecule has 0 saturated carbocycles. The summed E-state index contributed by atoms with van der Waals surface area (Å²) in [5.74, 6) is 1.30. The summed E-state index contributed by atoms with van der Waals surface area (Å²) in [6.07, 6.45) is 3.74. The van der Waals surface area contributed by atoms with Gasteiger partial charge in [0.2, 0.25) is 0 Å². The molecule has 0 radical (unpaired) electrons. The summed E-state index contributed by atoms with van der Waals surface area (Å²) < 4.78 is 0. The molecule has 5 heteroatoms. The van der Waals surface area contributed by atoms with Crippen LogP contribution in [-0.2, 0) is 0 Å². The molecule has 0 bridgehead atoms. The van der Waals surface area contributed by atoms with Gasteiger partial charge in [-0.2, -0.15) is 0 Å². The van der Waals surface area contributed by atoms with Crippen molar-refractivity contribution >= 4 is 17.5 Å². The lowest BCUT2D eigenvalue weighted by Gasteiger charge is -2.36. The highest BCUT2D eigenvalue weighted by atomic mass is 35.5. The normalized spacial score (nSPS) is 23.2. The second-order valence-corrected chi connectivity index (χ2v) is 6.48. The smallest absolute Gasteiger partial charge is 0.274 e. The molecule has 1 aliphatic rings. The number of amides is 1. The van der Waals surface area contributed by atoms with E-state index in [1.807, 2.05) is 18.7 Å². The van der Waals surface area contributed by atoms with Crippen LogP contribution in [0.25, 0.3) is 0 Å². The lowest BCUT2D eigenvalue weighted by molar-refractivity contribution is 0.0567. The van der Waals surface area contributed by atoms with Crippen molar-refractivity contribution in [2.45, 2.75) is 52.5 Å². The molecular formula is C15H22ClN3O. The van der Waals surface area contributed by atoms with E-state index in [0.717, 1.165) is 13.0 Å². The second-order valence-electron chi connectivity index (χ2n) is 6.07. The maximum atomic E-state index is 12.7. The third-order valence-electron chi connectivity index (χ3n) is 3.86. The van der Waals surface area contributed by atoms with Gasteiger partial charge < -0.3 is 4.90 Å². The van der Waals surface area contributed by atoms with Gasteiger partial charge in [0.05, 0.1) is 11.2 Å². The first-order chi connectivity index (χ1) is 9.40. The van der Waals surface area contributed by atoms with Crippen LogP contribution in [0.2, 0.25) is 5.02 Å². The number of hydrogen-bond donors (Lipinski definition) is 0. The minimum atomic E-state index is -0.0710. The van der Waals surface area contributed by atoms with Gasteiger partial charge in [-0.1, -0.05) is 32.4 Å². The molecule has 2 atom stereocenters. The summed E-state index contributed by atoms with van der Waals surface area (Å²) in [5, 5.41) is 0.338. The molecule has 0 spiro atoms. The highest BCUT2D eigenvalue weighted by Gasteiger charge is 2.30. The molecule has 1 aromatic heterocycles. The van der Waals surface area contributed by atoms with Crippen molar-refractivity contribution < 1.29 is 4.79 Å². The van der Waals surface area contributed by atoms with Crippen molar-refractivity contribution in [3.05, 3.63) is 22.7 Å². The highest BCUT2D eigenvalue weighted by molar-refractivity contribution is 6.33. The van der Waals surface area contributed by atoms with E-state index in [1.165, 1.54) is 12.6 Å². The van der Waals surface area contributed by atoms with Crippen LogP contribution in [0.15, 0.2) is 6.20 Å². The fraction of sp³-hybridized carbons (Fsp3) is 0.667. The Hall–Kier alpha value is -1.16. The van der Waals surface area contributed by atoms with E-state index in [9.17, 15) is 4.79 Å². The van der Waals surface area contributed by atoms with Gasteiger partial charge in [0.15, 0.2) is 5.69 Å². The maximum Gasteiger partial charge on any atom is 0.274 e. The van der Waals surface area contributed by atoms with E-state index in [2.05, 4.69) is 23.8 Å². The second kappa shape index (κ2) is 6.08. The zero-order valence-electron chi connectivity index (χ0n) is 12.6. The predicted octanol–water partition coefficient (Wildman–Crippen LogP) is 3.51. The number of carbonyl (C=O) groups excluding carboxylic acids is 1. The van der Waals surface area contributed by atoms with Crippen LogP contribution in [0.4, 0.5) is 0 Å². The van der Waals surface area contributed by atoms with Gasteiger partial charge in [0, 0.05) is 18.5 Å². The Bertz CT molecular complexity index is 504. The first kappa shape index (κ1) is 15.2. The molecule has 1 amide bonds. The molecule has 1 saturated heterocycles. The average molecular weight is 296 g/mol. The zero-order chi connectivity index (χ0) is 14.9. The third-order valence-corrected chi connectivity index (χ3v) is 4.14. The summed E-state index contributed by atoms with van der Waals surface area (Å²) in [6.45, 7) is 9.04. The molecule has 2 rings (SSSR count). The first-order valence-corrected chi connectivity index (χ1v) is 7.61. The number of aromatic nitrogens is 2. The number of hydrogen-bond acceptors (Lipinski definition) is 3. The monoisotopic (exact) mass is 295 g/mol. The Morgan fingerprint density at radius 3 is 2.75 bits per heavy atom. The Labute approximate surface area is 125 Å². The summed E-state index contributed by atoms with van der Waals surface area (Å²) in [6, 6.07) is 0.243. The molecule has 4 nitrogen and oxygen atoms in total. The van der Waals surface area contributed by atoms with Gasteiger partial charge in [-0.15, -0.1) is 0 Å². The number of nitrogens with zero attached hydrogens (tertiary/aromatic N) is 3. The lowest BCUT2D eigenvalue weighted by atomic mass is 9.95. The minimum absolute atomic E-state index is 0.0710. The third kappa shape index (κ3) is 3.11.